The highest BCUT2D eigenvalue weighted by Crippen LogP contribution is 2.40. The van der Waals surface area contributed by atoms with Gasteiger partial charge in [-0.05, 0) is 120 Å². The lowest BCUT2D eigenvalue weighted by atomic mass is 10.1. The number of halogens is 1. The predicted molar refractivity (Wildman–Crippen MR) is 174 cm³/mol. The number of rotatable bonds is 11. The maximum absolute atomic E-state index is 13.8. The fourth-order valence-electron chi connectivity index (χ4n) is 4.13. The van der Waals surface area contributed by atoms with E-state index < -0.39 is 5.97 Å². The molecular formula is C32H33IN2O5S. The SMILES string of the molecule is CCOC(=O)COc1c(I)cc(/C=C2\SC(=Nc3ccc(CC)cc3)N(c3ccc(CC)cc3)C2=O)cc1OCC. The molecule has 0 radical (unpaired) electrons. The van der Waals surface area contributed by atoms with Crippen LogP contribution in [0.4, 0.5) is 11.4 Å². The number of anilines is 1. The van der Waals surface area contributed by atoms with Gasteiger partial charge in [-0.25, -0.2) is 9.79 Å². The number of hydrogen-bond acceptors (Lipinski definition) is 7. The molecule has 3 aromatic rings. The number of thioether (sulfide) groups is 1. The average molecular weight is 685 g/mol. The van der Waals surface area contributed by atoms with Gasteiger partial charge in [0.2, 0.25) is 0 Å². The Hall–Kier alpha value is -3.31. The van der Waals surface area contributed by atoms with Crippen LogP contribution in [0.2, 0.25) is 0 Å². The van der Waals surface area contributed by atoms with Gasteiger partial charge < -0.3 is 14.2 Å². The van der Waals surface area contributed by atoms with Crippen molar-refractivity contribution in [1.29, 1.82) is 0 Å². The second-order valence-electron chi connectivity index (χ2n) is 9.04. The van der Waals surface area contributed by atoms with Gasteiger partial charge in [0.15, 0.2) is 23.3 Å². The monoisotopic (exact) mass is 684 g/mol. The first-order valence-electron chi connectivity index (χ1n) is 13.6. The summed E-state index contributed by atoms with van der Waals surface area (Å²) in [5.41, 5.74) is 4.74. The first-order chi connectivity index (χ1) is 19.9. The Morgan fingerprint density at radius 2 is 1.59 bits per heavy atom. The fourth-order valence-corrected chi connectivity index (χ4v) is 5.92. The van der Waals surface area contributed by atoms with Gasteiger partial charge in [-0.15, -0.1) is 0 Å². The van der Waals surface area contributed by atoms with Crippen LogP contribution in [-0.2, 0) is 27.2 Å². The van der Waals surface area contributed by atoms with Crippen LogP contribution >= 0.6 is 34.4 Å². The Kier molecular flexibility index (Phi) is 10.9. The third-order valence-corrected chi connectivity index (χ3v) is 8.02. The molecule has 1 aliphatic heterocycles. The van der Waals surface area contributed by atoms with E-state index in [1.54, 1.807) is 11.8 Å². The van der Waals surface area contributed by atoms with E-state index in [9.17, 15) is 9.59 Å². The molecule has 3 aromatic carbocycles. The zero-order valence-electron chi connectivity index (χ0n) is 23.6. The first kappa shape index (κ1) is 30.6. The van der Waals surface area contributed by atoms with E-state index in [0.29, 0.717) is 28.2 Å². The smallest absolute Gasteiger partial charge is 0.344 e. The molecule has 9 heteroatoms. The number of aryl methyl sites for hydroxylation is 2. The van der Waals surface area contributed by atoms with E-state index in [4.69, 9.17) is 19.2 Å². The topological polar surface area (TPSA) is 77.4 Å². The Morgan fingerprint density at radius 3 is 2.20 bits per heavy atom. The fraction of sp³-hybridized carbons (Fsp3) is 0.281. The van der Waals surface area contributed by atoms with Crippen molar-refractivity contribution in [1.82, 2.24) is 0 Å². The van der Waals surface area contributed by atoms with Crippen LogP contribution < -0.4 is 14.4 Å². The molecule has 4 rings (SSSR count). The number of hydrogen-bond donors (Lipinski definition) is 0. The molecule has 214 valence electrons. The van der Waals surface area contributed by atoms with Gasteiger partial charge in [-0.2, -0.15) is 0 Å². The molecule has 0 N–H and O–H groups in total. The number of aliphatic imine (C=N–C) groups is 1. The molecule has 1 saturated heterocycles. The van der Waals surface area contributed by atoms with Crippen molar-refractivity contribution in [2.24, 2.45) is 4.99 Å². The van der Waals surface area contributed by atoms with E-state index in [0.717, 1.165) is 33.4 Å². The van der Waals surface area contributed by atoms with E-state index >= 15 is 0 Å². The maximum Gasteiger partial charge on any atom is 0.344 e. The average Bonchev–Trinajstić information content (AvgIpc) is 3.27. The van der Waals surface area contributed by atoms with Gasteiger partial charge in [0, 0.05) is 0 Å². The van der Waals surface area contributed by atoms with Gasteiger partial charge in [0.05, 0.1) is 33.1 Å². The molecule has 1 fully saturated rings. The molecule has 1 heterocycles. The number of nitrogens with zero attached hydrogens (tertiary/aromatic N) is 2. The number of benzene rings is 3. The van der Waals surface area contributed by atoms with E-state index in [-0.39, 0.29) is 19.1 Å². The van der Waals surface area contributed by atoms with Crippen molar-refractivity contribution in [2.45, 2.75) is 40.5 Å². The van der Waals surface area contributed by atoms with Crippen LogP contribution in [0.3, 0.4) is 0 Å². The van der Waals surface area contributed by atoms with Crippen molar-refractivity contribution in [3.05, 3.63) is 85.8 Å². The Labute approximate surface area is 259 Å². The number of carbonyl (C=O) groups is 2. The summed E-state index contributed by atoms with van der Waals surface area (Å²) in [7, 11) is 0. The van der Waals surface area contributed by atoms with Crippen molar-refractivity contribution in [3.63, 3.8) is 0 Å². The first-order valence-corrected chi connectivity index (χ1v) is 15.5. The molecule has 0 saturated carbocycles. The van der Waals surface area contributed by atoms with Crippen LogP contribution in [0.5, 0.6) is 11.5 Å². The van der Waals surface area contributed by atoms with Gasteiger partial charge in [0.1, 0.15) is 0 Å². The molecule has 0 aromatic heterocycles. The third-order valence-electron chi connectivity index (χ3n) is 6.25. The van der Waals surface area contributed by atoms with E-state index in [1.807, 2.05) is 61.5 Å². The molecule has 41 heavy (non-hydrogen) atoms. The molecule has 0 bridgehead atoms. The van der Waals surface area contributed by atoms with Gasteiger partial charge in [0.25, 0.3) is 5.91 Å². The van der Waals surface area contributed by atoms with Crippen molar-refractivity contribution >= 4 is 68.8 Å². The summed E-state index contributed by atoms with van der Waals surface area (Å²) in [5, 5.41) is 0.587. The maximum atomic E-state index is 13.8. The van der Waals surface area contributed by atoms with E-state index in [1.165, 1.54) is 22.9 Å². The minimum absolute atomic E-state index is 0.154. The second kappa shape index (κ2) is 14.5. The number of amides is 1. The standard InChI is InChI=1S/C32H33IN2O5S/c1-5-21-9-13-24(14-10-21)34-32-35(25-15-11-22(6-2)12-16-25)31(37)28(41-32)19-23-17-26(33)30(27(18-23)38-7-3)40-20-29(36)39-8-4/h9-19H,5-8,20H2,1-4H3/b28-19-,34-32?. The molecule has 0 unspecified atom stereocenters. The summed E-state index contributed by atoms with van der Waals surface area (Å²) in [4.78, 5) is 32.7. The molecule has 7 nitrogen and oxygen atoms in total. The van der Waals surface area contributed by atoms with Crippen LogP contribution in [0.25, 0.3) is 6.08 Å². The number of esters is 1. The summed E-state index contributed by atoms with van der Waals surface area (Å²) in [6.07, 6.45) is 3.70. The molecular weight excluding hydrogens is 651 g/mol. The summed E-state index contributed by atoms with van der Waals surface area (Å²) in [6, 6.07) is 19.8. The largest absolute Gasteiger partial charge is 0.490 e. The second-order valence-corrected chi connectivity index (χ2v) is 11.2. The zero-order valence-corrected chi connectivity index (χ0v) is 26.6. The summed E-state index contributed by atoms with van der Waals surface area (Å²) < 4.78 is 17.3. The normalized spacial score (nSPS) is 15.0. The number of ether oxygens (including phenoxy) is 3. The molecule has 0 atom stereocenters. The highest BCUT2D eigenvalue weighted by atomic mass is 127. The highest BCUT2D eigenvalue weighted by molar-refractivity contribution is 14.1. The molecule has 0 aliphatic carbocycles. The lowest BCUT2D eigenvalue weighted by Crippen LogP contribution is -2.28. The predicted octanol–water partition coefficient (Wildman–Crippen LogP) is 7.57. The Balaban J connectivity index is 1.70. The highest BCUT2D eigenvalue weighted by Gasteiger charge is 2.35. The third kappa shape index (κ3) is 7.71. The lowest BCUT2D eigenvalue weighted by Gasteiger charge is -2.16. The van der Waals surface area contributed by atoms with Crippen molar-refractivity contribution < 1.29 is 23.8 Å². The van der Waals surface area contributed by atoms with Crippen LogP contribution in [0.15, 0.2) is 70.6 Å². The summed E-state index contributed by atoms with van der Waals surface area (Å²) >= 11 is 3.48. The van der Waals surface area contributed by atoms with Gasteiger partial charge in [-0.1, -0.05) is 38.1 Å². The molecule has 1 aliphatic rings. The molecule has 1 amide bonds. The van der Waals surface area contributed by atoms with E-state index in [2.05, 4.69) is 48.6 Å². The quantitative estimate of drug-likeness (QED) is 0.118. The van der Waals surface area contributed by atoms with Crippen molar-refractivity contribution in [3.8, 4) is 11.5 Å². The van der Waals surface area contributed by atoms with Crippen LogP contribution in [0, 0.1) is 3.57 Å². The number of carbonyl (C=O) groups excluding carboxylic acids is 2. The van der Waals surface area contributed by atoms with Crippen molar-refractivity contribution in [2.75, 3.05) is 24.7 Å². The van der Waals surface area contributed by atoms with Gasteiger partial charge >= 0.3 is 5.97 Å². The summed E-state index contributed by atoms with van der Waals surface area (Å²) in [6.45, 7) is 8.31. The Morgan fingerprint density at radius 1 is 0.927 bits per heavy atom. The Bertz CT molecular complexity index is 1450. The number of amidine groups is 1. The van der Waals surface area contributed by atoms with Crippen LogP contribution in [-0.4, -0.2) is 36.9 Å². The summed E-state index contributed by atoms with van der Waals surface area (Å²) in [5.74, 6) is 0.346. The van der Waals surface area contributed by atoms with Crippen LogP contribution in [0.1, 0.15) is 44.4 Å². The lowest BCUT2D eigenvalue weighted by molar-refractivity contribution is -0.145. The molecule has 0 spiro atoms. The minimum Gasteiger partial charge on any atom is -0.490 e. The minimum atomic E-state index is -0.451. The van der Waals surface area contributed by atoms with Gasteiger partial charge in [-0.3, -0.25) is 9.69 Å². The zero-order chi connectivity index (χ0) is 29.4.